The number of esters is 1. The van der Waals surface area contributed by atoms with Gasteiger partial charge in [0.05, 0.1) is 30.6 Å². The van der Waals surface area contributed by atoms with Crippen molar-refractivity contribution in [2.24, 2.45) is 0 Å². The van der Waals surface area contributed by atoms with Gasteiger partial charge >= 0.3 is 5.97 Å². The van der Waals surface area contributed by atoms with Gasteiger partial charge in [-0.25, -0.2) is 4.79 Å². The highest BCUT2D eigenvalue weighted by Crippen LogP contribution is 2.58. The molecule has 0 radical (unpaired) electrons. The first-order valence-electron chi connectivity index (χ1n) is 20.2. The van der Waals surface area contributed by atoms with Crippen LogP contribution >= 0.6 is 35.0 Å². The average Bonchev–Trinajstić information content (AvgIpc) is 3.88. The summed E-state index contributed by atoms with van der Waals surface area (Å²) in [5, 5.41) is 25.0. The lowest BCUT2D eigenvalue weighted by Gasteiger charge is -2.59. The van der Waals surface area contributed by atoms with Crippen LogP contribution in [-0.4, -0.2) is 91.6 Å². The Bertz CT molecular complexity index is 2380. The van der Waals surface area contributed by atoms with Crippen molar-refractivity contribution in [3.63, 3.8) is 0 Å². The summed E-state index contributed by atoms with van der Waals surface area (Å²) in [6.45, 7) is 5.55. The fourth-order valence-corrected chi connectivity index (χ4v) is 11.3. The number of halogens is 2. The van der Waals surface area contributed by atoms with Crippen LogP contribution in [0.4, 0.5) is 0 Å². The van der Waals surface area contributed by atoms with Crippen LogP contribution < -0.4 is 18.9 Å². The molecule has 0 aromatic heterocycles. The third-order valence-electron chi connectivity index (χ3n) is 12.8. The summed E-state index contributed by atoms with van der Waals surface area (Å²) in [5.41, 5.74) is 10.5. The van der Waals surface area contributed by atoms with E-state index in [0.29, 0.717) is 58.1 Å². The van der Waals surface area contributed by atoms with Gasteiger partial charge in [-0.05, 0) is 79.4 Å². The fraction of sp³-hybridized carbons (Fsp3) is 0.404. The zero-order valence-corrected chi connectivity index (χ0v) is 37.3. The molecular formula is C47H49Cl2N3O8S. The summed E-state index contributed by atoms with van der Waals surface area (Å²) < 4.78 is 35.9. The highest BCUT2D eigenvalue weighted by molar-refractivity contribution is 8.02. The first-order valence-corrected chi connectivity index (χ1v) is 22.3. The van der Waals surface area contributed by atoms with Gasteiger partial charge in [0.2, 0.25) is 6.79 Å². The highest BCUT2D eigenvalue weighted by atomic mass is 35.5. The predicted molar refractivity (Wildman–Crippen MR) is 236 cm³/mol. The van der Waals surface area contributed by atoms with E-state index in [1.54, 1.807) is 32.9 Å². The van der Waals surface area contributed by atoms with E-state index >= 15 is 0 Å². The SMILES string of the molecule is COCOc1c(OC)c(C)cc2c1[C@@H]1C3Cc4c(O)c(C)c5c(c4[C@H](COC(=O)/C(C)=C\SCC4c6ccccc6-c6ccccc64)N3[C@@H](C#N)[C@H](C2)N1C)OCO5.ClCCl. The molecule has 5 atom stereocenters. The highest BCUT2D eigenvalue weighted by Gasteiger charge is 2.57. The molecule has 1 saturated heterocycles. The molecule has 11 nitrogen and oxygen atoms in total. The maximum Gasteiger partial charge on any atom is 0.334 e. The van der Waals surface area contributed by atoms with Gasteiger partial charge in [0.25, 0.3) is 0 Å². The molecule has 5 aliphatic rings. The number of thioether (sulfide) groups is 1. The molecule has 61 heavy (non-hydrogen) atoms. The van der Waals surface area contributed by atoms with Crippen molar-refractivity contribution < 1.29 is 38.3 Å². The number of ether oxygens (including phenoxy) is 6. The summed E-state index contributed by atoms with van der Waals surface area (Å²) in [4.78, 5) is 18.4. The molecule has 4 heterocycles. The molecule has 0 amide bonds. The Morgan fingerprint density at radius 1 is 1.00 bits per heavy atom. The molecule has 320 valence electrons. The zero-order valence-electron chi connectivity index (χ0n) is 35.0. The molecule has 9 rings (SSSR count). The number of likely N-dealkylation sites (N-methyl/N-ethyl adjacent to an activating group) is 1. The van der Waals surface area contributed by atoms with Gasteiger partial charge in [-0.3, -0.25) is 9.80 Å². The number of aromatic hydroxyl groups is 1. The number of carbonyl (C=O) groups excluding carboxylic acids is 1. The van der Waals surface area contributed by atoms with Crippen molar-refractivity contribution in [3.8, 4) is 45.9 Å². The molecular weight excluding hydrogens is 838 g/mol. The van der Waals surface area contributed by atoms with Crippen molar-refractivity contribution in [2.75, 3.05) is 52.6 Å². The Kier molecular flexibility index (Phi) is 12.7. The number of alkyl halides is 2. The lowest BCUT2D eigenvalue weighted by atomic mass is 9.71. The normalized spacial score (nSPS) is 22.1. The Labute approximate surface area is 371 Å². The van der Waals surface area contributed by atoms with Crippen molar-refractivity contribution >= 4 is 40.9 Å². The Hall–Kier alpha value is -4.61. The number of nitriles is 1. The molecule has 4 aromatic carbocycles. The summed E-state index contributed by atoms with van der Waals surface area (Å²) in [6, 6.07) is 19.8. The fourth-order valence-electron chi connectivity index (χ4n) is 10.3. The lowest BCUT2D eigenvalue weighted by Crippen LogP contribution is -2.68. The topological polar surface area (TPSA) is 123 Å². The van der Waals surface area contributed by atoms with Crippen molar-refractivity contribution in [1.29, 1.82) is 5.26 Å². The second-order valence-electron chi connectivity index (χ2n) is 15.9. The van der Waals surface area contributed by atoms with Crippen LogP contribution in [0.25, 0.3) is 11.1 Å². The summed E-state index contributed by atoms with van der Waals surface area (Å²) in [6.07, 6.45) is 0.981. The second kappa shape index (κ2) is 18.0. The predicted octanol–water partition coefficient (Wildman–Crippen LogP) is 8.91. The Morgan fingerprint density at radius 3 is 2.33 bits per heavy atom. The number of hydrogen-bond acceptors (Lipinski definition) is 12. The first-order chi connectivity index (χ1) is 29.6. The quantitative estimate of drug-likeness (QED) is 0.0708. The van der Waals surface area contributed by atoms with E-state index in [0.717, 1.165) is 22.4 Å². The van der Waals surface area contributed by atoms with Crippen LogP contribution in [0.3, 0.4) is 0 Å². The molecule has 1 unspecified atom stereocenters. The summed E-state index contributed by atoms with van der Waals surface area (Å²) in [5.74, 6) is 2.87. The van der Waals surface area contributed by atoms with Crippen LogP contribution in [0.2, 0.25) is 0 Å². The summed E-state index contributed by atoms with van der Waals surface area (Å²) >= 11 is 11.1. The van der Waals surface area contributed by atoms with E-state index in [1.165, 1.54) is 22.3 Å². The van der Waals surface area contributed by atoms with E-state index in [4.69, 9.17) is 51.6 Å². The number of aryl methyl sites for hydroxylation is 1. The number of piperazine rings is 1. The average molecular weight is 887 g/mol. The van der Waals surface area contributed by atoms with Crippen molar-refractivity contribution in [3.05, 3.63) is 110 Å². The third-order valence-corrected chi connectivity index (χ3v) is 13.8. The Balaban J connectivity index is 0.00000166. The molecule has 0 spiro atoms. The number of rotatable bonds is 10. The van der Waals surface area contributed by atoms with Crippen LogP contribution in [0, 0.1) is 25.2 Å². The van der Waals surface area contributed by atoms with Crippen LogP contribution in [-0.2, 0) is 27.1 Å². The van der Waals surface area contributed by atoms with Gasteiger partial charge < -0.3 is 33.5 Å². The van der Waals surface area contributed by atoms with Gasteiger partial charge in [0.1, 0.15) is 18.4 Å². The van der Waals surface area contributed by atoms with Gasteiger partial charge in [0, 0.05) is 58.7 Å². The smallest absolute Gasteiger partial charge is 0.334 e. The zero-order chi connectivity index (χ0) is 43.1. The number of phenols is 1. The van der Waals surface area contributed by atoms with Crippen LogP contribution in [0.5, 0.6) is 28.7 Å². The van der Waals surface area contributed by atoms with Gasteiger partial charge in [-0.2, -0.15) is 5.26 Å². The second-order valence-corrected chi connectivity index (χ2v) is 17.6. The molecule has 1 N–H and O–H groups in total. The van der Waals surface area contributed by atoms with Crippen molar-refractivity contribution in [1.82, 2.24) is 9.80 Å². The maximum absolute atomic E-state index is 13.9. The third kappa shape index (κ3) is 7.37. The first kappa shape index (κ1) is 43.1. The summed E-state index contributed by atoms with van der Waals surface area (Å²) in [7, 11) is 5.27. The lowest BCUT2D eigenvalue weighted by molar-refractivity contribution is -0.144. The number of hydrogen-bond donors (Lipinski definition) is 1. The molecule has 14 heteroatoms. The number of phenolic OH excluding ortho intramolecular Hbond substituents is 1. The number of nitrogens with zero attached hydrogens (tertiary/aromatic N) is 3. The van der Waals surface area contributed by atoms with E-state index in [2.05, 4.69) is 77.5 Å². The van der Waals surface area contributed by atoms with Gasteiger partial charge in [-0.15, -0.1) is 35.0 Å². The maximum atomic E-state index is 13.9. The Morgan fingerprint density at radius 2 is 1.67 bits per heavy atom. The monoisotopic (exact) mass is 885 g/mol. The minimum atomic E-state index is -0.632. The number of methoxy groups -OCH3 is 2. The number of fused-ring (bicyclic) bond motifs is 12. The minimum Gasteiger partial charge on any atom is -0.507 e. The minimum absolute atomic E-state index is 0.000594. The van der Waals surface area contributed by atoms with Crippen molar-refractivity contribution in [2.45, 2.75) is 69.7 Å². The van der Waals surface area contributed by atoms with Gasteiger partial charge in [0.15, 0.2) is 29.8 Å². The standard InChI is InChI=1S/C46H47N3O8S.CH2Cl2/c1-24-15-27-16-34-36(18-47)49-35(40(48(34)4)38(27)44(42(24)53-6)55-22-52-5)17-32-39(45-43(56-23-57-45)26(3)41(32)50)37(49)19-54-46(51)25(2)20-58-21-33-30-13-9-7-11-28(30)29-12-8-10-14-31(29)33;2-1-3/h7-15,20,33-37,40,50H,16-17,19,21-23H2,1-6H3;1H2/b25-20-;/t34-,35?,36-,37-,40-;/m0./s1. The van der Waals surface area contributed by atoms with Crippen LogP contribution in [0.15, 0.2) is 65.6 Å². The number of carbonyl (C=O) groups is 1. The molecule has 2 bridgehead atoms. The van der Waals surface area contributed by atoms with E-state index < -0.39 is 18.1 Å². The largest absolute Gasteiger partial charge is 0.507 e. The van der Waals surface area contributed by atoms with E-state index in [1.807, 2.05) is 19.3 Å². The number of benzene rings is 4. The van der Waals surface area contributed by atoms with E-state index in [-0.39, 0.29) is 55.3 Å². The molecule has 0 saturated carbocycles. The van der Waals surface area contributed by atoms with Crippen LogP contribution in [0.1, 0.15) is 69.4 Å². The molecule has 4 aromatic rings. The molecule has 1 aliphatic carbocycles. The molecule has 1 fully saturated rings. The molecule has 4 aliphatic heterocycles. The van der Waals surface area contributed by atoms with Gasteiger partial charge in [-0.1, -0.05) is 54.6 Å². The van der Waals surface area contributed by atoms with E-state index in [9.17, 15) is 15.2 Å².